The highest BCUT2D eigenvalue weighted by Gasteiger charge is 2.45. The first-order valence-electron chi connectivity index (χ1n) is 8.89. The number of pyridine rings is 1. The second-order valence-electron chi connectivity index (χ2n) is 6.38. The third-order valence-electron chi connectivity index (χ3n) is 4.80. The van der Waals surface area contributed by atoms with Crippen molar-refractivity contribution in [2.45, 2.75) is 6.16 Å². The van der Waals surface area contributed by atoms with Gasteiger partial charge in [-0.15, -0.1) is 0 Å². The summed E-state index contributed by atoms with van der Waals surface area (Å²) in [6, 6.07) is 37.4. The zero-order chi connectivity index (χ0) is 17.7. The van der Waals surface area contributed by atoms with E-state index in [1.165, 1.54) is 21.5 Å². The molecule has 126 valence electrons. The van der Waals surface area contributed by atoms with E-state index in [0.29, 0.717) is 0 Å². The molecule has 0 saturated carbocycles. The minimum Gasteiger partial charge on any atom is -0.218 e. The molecule has 0 unspecified atom stereocenters. The van der Waals surface area contributed by atoms with E-state index in [1.807, 2.05) is 12.4 Å². The van der Waals surface area contributed by atoms with Gasteiger partial charge in [0.25, 0.3) is 0 Å². The largest absolute Gasteiger partial charge is 0.218 e. The molecule has 3 aromatic carbocycles. The number of rotatable bonds is 5. The van der Waals surface area contributed by atoms with Crippen LogP contribution in [0.4, 0.5) is 0 Å². The minimum atomic E-state index is -1.79. The highest BCUT2D eigenvalue weighted by atomic mass is 31.2. The van der Waals surface area contributed by atoms with Crippen LogP contribution < -0.4 is 20.9 Å². The van der Waals surface area contributed by atoms with Crippen LogP contribution in [-0.4, -0.2) is 0 Å². The molecule has 4 rings (SSSR count). The molecule has 0 aliphatic heterocycles. The number of aromatic amines is 1. The Morgan fingerprint density at radius 2 is 0.885 bits per heavy atom. The maximum atomic E-state index is 3.15. The van der Waals surface area contributed by atoms with Crippen LogP contribution in [0.25, 0.3) is 0 Å². The maximum Gasteiger partial charge on any atom is 0.167 e. The van der Waals surface area contributed by atoms with Crippen molar-refractivity contribution in [3.63, 3.8) is 0 Å². The van der Waals surface area contributed by atoms with Gasteiger partial charge in [-0.2, -0.15) is 0 Å². The van der Waals surface area contributed by atoms with E-state index < -0.39 is 7.26 Å². The first-order chi connectivity index (χ1) is 12.9. The summed E-state index contributed by atoms with van der Waals surface area (Å²) >= 11 is 0. The van der Waals surface area contributed by atoms with Crippen LogP contribution in [0.5, 0.6) is 0 Å². The van der Waals surface area contributed by atoms with Crippen molar-refractivity contribution < 1.29 is 4.98 Å². The lowest BCUT2D eigenvalue weighted by Crippen LogP contribution is -2.32. The Bertz CT molecular complexity index is 842. The summed E-state index contributed by atoms with van der Waals surface area (Å²) in [6.07, 6.45) is 5.05. The lowest BCUT2D eigenvalue weighted by Gasteiger charge is -2.27. The van der Waals surface area contributed by atoms with Crippen LogP contribution in [0.15, 0.2) is 116 Å². The third-order valence-corrected chi connectivity index (χ3v) is 9.18. The zero-order valence-electron chi connectivity index (χ0n) is 14.6. The molecule has 0 aliphatic carbocycles. The van der Waals surface area contributed by atoms with Gasteiger partial charge in [0, 0.05) is 17.7 Å². The second kappa shape index (κ2) is 7.64. The predicted molar refractivity (Wildman–Crippen MR) is 112 cm³/mol. The van der Waals surface area contributed by atoms with Gasteiger partial charge in [-0.1, -0.05) is 54.6 Å². The Morgan fingerprint density at radius 3 is 1.27 bits per heavy atom. The summed E-state index contributed by atoms with van der Waals surface area (Å²) < 4.78 is 0. The summed E-state index contributed by atoms with van der Waals surface area (Å²) in [4.78, 5) is 3.15. The standard InChI is InChI=1S/C24H21NP/c1-4-10-22(11-5-1)26(23-12-6-2-7-13-23,24-14-8-3-9-15-24)20-21-16-18-25-19-17-21/h1-19H,20H2/q+1/p+1. The van der Waals surface area contributed by atoms with Gasteiger partial charge in [-0.25, -0.2) is 4.98 Å². The lowest BCUT2D eigenvalue weighted by atomic mass is 10.3. The Morgan fingerprint density at radius 1 is 0.500 bits per heavy atom. The number of H-pyrrole nitrogens is 1. The second-order valence-corrected chi connectivity index (χ2v) is 9.87. The van der Waals surface area contributed by atoms with Crippen LogP contribution in [-0.2, 0) is 6.16 Å². The summed E-state index contributed by atoms with van der Waals surface area (Å²) in [7, 11) is -1.79. The summed E-state index contributed by atoms with van der Waals surface area (Å²) in [5.41, 5.74) is 1.36. The van der Waals surface area contributed by atoms with Crippen molar-refractivity contribution in [3.8, 4) is 0 Å². The van der Waals surface area contributed by atoms with E-state index in [2.05, 4.69) is 108 Å². The molecule has 1 nitrogen and oxygen atoms in total. The smallest absolute Gasteiger partial charge is 0.167 e. The van der Waals surface area contributed by atoms with E-state index in [9.17, 15) is 0 Å². The van der Waals surface area contributed by atoms with E-state index in [4.69, 9.17) is 0 Å². The first kappa shape index (κ1) is 16.7. The fourth-order valence-corrected chi connectivity index (χ4v) is 7.81. The molecule has 0 saturated heterocycles. The molecule has 2 heteroatoms. The fourth-order valence-electron chi connectivity index (χ4n) is 3.57. The van der Waals surface area contributed by atoms with Crippen LogP contribution in [0.1, 0.15) is 5.56 Å². The zero-order valence-corrected chi connectivity index (χ0v) is 15.5. The Hall–Kier alpha value is -2.76. The number of aromatic nitrogens is 1. The van der Waals surface area contributed by atoms with Gasteiger partial charge in [0.2, 0.25) is 0 Å². The van der Waals surface area contributed by atoms with Crippen molar-refractivity contribution in [2.24, 2.45) is 0 Å². The SMILES string of the molecule is c1ccc([P+](Cc2cc[nH+]cc2)(c2ccccc2)c2ccccc2)cc1. The molecule has 26 heavy (non-hydrogen) atoms. The Labute approximate surface area is 155 Å². The van der Waals surface area contributed by atoms with Crippen molar-refractivity contribution in [3.05, 3.63) is 121 Å². The van der Waals surface area contributed by atoms with Gasteiger partial charge < -0.3 is 0 Å². The molecule has 0 bridgehead atoms. The van der Waals surface area contributed by atoms with Crippen molar-refractivity contribution in [1.29, 1.82) is 0 Å². The highest BCUT2D eigenvalue weighted by Crippen LogP contribution is 2.57. The van der Waals surface area contributed by atoms with Crippen molar-refractivity contribution in [1.82, 2.24) is 0 Å². The van der Waals surface area contributed by atoms with Gasteiger partial charge in [-0.05, 0) is 36.4 Å². The Balaban J connectivity index is 2.00. The molecule has 0 aliphatic rings. The predicted octanol–water partition coefficient (Wildman–Crippen LogP) is 3.99. The summed E-state index contributed by atoms with van der Waals surface area (Å²) in [5.74, 6) is 0. The molecule has 4 aromatic rings. The van der Waals surface area contributed by atoms with Gasteiger partial charge in [-0.3, -0.25) is 0 Å². The Kier molecular flexibility index (Phi) is 4.91. The van der Waals surface area contributed by atoms with Gasteiger partial charge in [0.05, 0.1) is 6.16 Å². The molecule has 0 spiro atoms. The van der Waals surface area contributed by atoms with Crippen LogP contribution >= 0.6 is 7.26 Å². The molecule has 0 radical (unpaired) electrons. The maximum absolute atomic E-state index is 3.15. The first-order valence-corrected chi connectivity index (χ1v) is 10.9. The van der Waals surface area contributed by atoms with E-state index in [1.54, 1.807) is 0 Å². The molecular weight excluding hydrogens is 333 g/mol. The summed E-state index contributed by atoms with van der Waals surface area (Å²) in [5, 5.41) is 4.26. The topological polar surface area (TPSA) is 14.1 Å². The van der Waals surface area contributed by atoms with E-state index in [-0.39, 0.29) is 0 Å². The molecule has 1 N–H and O–H groups in total. The number of hydrogen-bond donors (Lipinski definition) is 0. The van der Waals surface area contributed by atoms with Crippen LogP contribution in [0, 0.1) is 0 Å². The van der Waals surface area contributed by atoms with Crippen molar-refractivity contribution in [2.75, 3.05) is 0 Å². The van der Waals surface area contributed by atoms with Crippen LogP contribution in [0.2, 0.25) is 0 Å². The van der Waals surface area contributed by atoms with Crippen LogP contribution in [0.3, 0.4) is 0 Å². The fraction of sp³-hybridized carbons (Fsp3) is 0.0417. The third kappa shape index (κ3) is 3.19. The molecule has 1 aromatic heterocycles. The van der Waals surface area contributed by atoms with E-state index in [0.717, 1.165) is 6.16 Å². The quantitative estimate of drug-likeness (QED) is 0.481. The number of nitrogens with one attached hydrogen (secondary N) is 1. The average Bonchev–Trinajstić information content (AvgIpc) is 2.75. The van der Waals surface area contributed by atoms with Crippen molar-refractivity contribution >= 4 is 23.2 Å². The minimum absolute atomic E-state index is 1.01. The molecule has 0 amide bonds. The van der Waals surface area contributed by atoms with Gasteiger partial charge >= 0.3 is 0 Å². The molecular formula is C24H22NP+2. The molecule has 1 heterocycles. The van der Waals surface area contributed by atoms with Gasteiger partial charge in [0.15, 0.2) is 12.4 Å². The number of hydrogen-bond acceptors (Lipinski definition) is 0. The normalized spacial score (nSPS) is 11.2. The molecule has 0 atom stereocenters. The van der Waals surface area contributed by atoms with Gasteiger partial charge in [0.1, 0.15) is 23.2 Å². The average molecular weight is 355 g/mol. The summed E-state index contributed by atoms with van der Waals surface area (Å²) in [6.45, 7) is 0. The number of benzene rings is 3. The van der Waals surface area contributed by atoms with E-state index >= 15 is 0 Å². The highest BCUT2D eigenvalue weighted by molar-refractivity contribution is 7.95. The monoisotopic (exact) mass is 355 g/mol. The molecule has 0 fully saturated rings. The lowest BCUT2D eigenvalue weighted by molar-refractivity contribution is -0.378.